The molecule has 7 heteroatoms. The van der Waals surface area contributed by atoms with Crippen LogP contribution in [0.5, 0.6) is 11.5 Å². The summed E-state index contributed by atoms with van der Waals surface area (Å²) in [6, 6.07) is 8.01. The average Bonchev–Trinajstić information content (AvgIpc) is 3.02. The van der Waals surface area contributed by atoms with Gasteiger partial charge >= 0.3 is 6.61 Å². The molecule has 2 aromatic rings. The number of alkyl halides is 2. The number of aliphatic hydroxyl groups excluding tert-OH is 1. The molecule has 1 aromatic carbocycles. The molecular formula is C15H17F2NO4. The Labute approximate surface area is 126 Å². The van der Waals surface area contributed by atoms with Crippen LogP contribution in [-0.4, -0.2) is 25.4 Å². The molecule has 0 saturated carbocycles. The lowest BCUT2D eigenvalue weighted by molar-refractivity contribution is -0.0506. The molecule has 0 bridgehead atoms. The van der Waals surface area contributed by atoms with E-state index >= 15 is 0 Å². The maximum Gasteiger partial charge on any atom is 0.387 e. The first-order chi connectivity index (χ1) is 10.6. The van der Waals surface area contributed by atoms with Crippen LogP contribution in [0.15, 0.2) is 41.0 Å². The lowest BCUT2D eigenvalue weighted by Crippen LogP contribution is -2.21. The molecule has 22 heavy (non-hydrogen) atoms. The zero-order chi connectivity index (χ0) is 15.9. The van der Waals surface area contributed by atoms with Crippen molar-refractivity contribution in [2.75, 3.05) is 13.7 Å². The Bertz CT molecular complexity index is 575. The van der Waals surface area contributed by atoms with Gasteiger partial charge in [-0.05, 0) is 18.2 Å². The predicted molar refractivity (Wildman–Crippen MR) is 75.0 cm³/mol. The first-order valence-electron chi connectivity index (χ1n) is 6.64. The molecule has 0 aliphatic heterocycles. The highest BCUT2D eigenvalue weighted by atomic mass is 19.3. The fourth-order valence-corrected chi connectivity index (χ4v) is 1.94. The average molecular weight is 313 g/mol. The first kappa shape index (κ1) is 16.3. The minimum atomic E-state index is -2.92. The number of hydrogen-bond donors (Lipinski definition) is 2. The normalized spacial score (nSPS) is 12.4. The number of hydrogen-bond acceptors (Lipinski definition) is 5. The van der Waals surface area contributed by atoms with Crippen molar-refractivity contribution < 1.29 is 27.8 Å². The monoisotopic (exact) mass is 313 g/mol. The van der Waals surface area contributed by atoms with Gasteiger partial charge in [-0.15, -0.1) is 0 Å². The molecule has 2 rings (SSSR count). The van der Waals surface area contributed by atoms with E-state index in [4.69, 9.17) is 9.15 Å². The van der Waals surface area contributed by atoms with Crippen molar-refractivity contribution >= 4 is 0 Å². The SMILES string of the molecule is COc1ccc(CNCC(O)c2ccco2)c(OC(F)F)c1. The molecule has 1 atom stereocenters. The predicted octanol–water partition coefficient (Wildman–Crippen LogP) is 2.71. The van der Waals surface area contributed by atoms with Crippen LogP contribution in [0.1, 0.15) is 17.4 Å². The zero-order valence-electron chi connectivity index (χ0n) is 12.0. The molecule has 0 radical (unpaired) electrons. The fraction of sp³-hybridized carbons (Fsp3) is 0.333. The van der Waals surface area contributed by atoms with Crippen molar-refractivity contribution in [3.8, 4) is 11.5 Å². The molecule has 0 aliphatic carbocycles. The number of nitrogens with one attached hydrogen (secondary N) is 1. The van der Waals surface area contributed by atoms with E-state index < -0.39 is 12.7 Å². The van der Waals surface area contributed by atoms with Gasteiger partial charge in [-0.1, -0.05) is 6.07 Å². The number of furan rings is 1. The third-order valence-electron chi connectivity index (χ3n) is 3.02. The Kier molecular flexibility index (Phi) is 5.74. The number of halogens is 2. The summed E-state index contributed by atoms with van der Waals surface area (Å²) in [6.45, 7) is -2.45. The molecule has 1 aromatic heterocycles. The third kappa shape index (κ3) is 4.44. The second kappa shape index (κ2) is 7.77. The number of aliphatic hydroxyl groups is 1. The summed E-state index contributed by atoms with van der Waals surface area (Å²) in [6.07, 6.45) is 0.657. The highest BCUT2D eigenvalue weighted by Gasteiger charge is 2.13. The highest BCUT2D eigenvalue weighted by molar-refractivity contribution is 5.40. The second-order valence-electron chi connectivity index (χ2n) is 4.51. The Morgan fingerprint density at radius 2 is 2.14 bits per heavy atom. The molecule has 0 spiro atoms. The van der Waals surface area contributed by atoms with Crippen LogP contribution in [0.25, 0.3) is 0 Å². The van der Waals surface area contributed by atoms with Gasteiger partial charge in [-0.3, -0.25) is 0 Å². The maximum atomic E-state index is 12.4. The second-order valence-corrected chi connectivity index (χ2v) is 4.51. The van der Waals surface area contributed by atoms with Crippen molar-refractivity contribution in [2.24, 2.45) is 0 Å². The Morgan fingerprint density at radius 3 is 2.77 bits per heavy atom. The molecule has 0 fully saturated rings. The van der Waals surface area contributed by atoms with Gasteiger partial charge in [0.15, 0.2) is 0 Å². The molecule has 1 heterocycles. The van der Waals surface area contributed by atoms with E-state index in [1.807, 2.05) is 0 Å². The standard InChI is InChI=1S/C15H17F2NO4/c1-20-11-5-4-10(14(7-11)22-15(16)17)8-18-9-12(19)13-3-2-6-21-13/h2-7,12,15,18-19H,8-9H2,1H3. The van der Waals surface area contributed by atoms with E-state index in [2.05, 4.69) is 10.1 Å². The summed E-state index contributed by atoms with van der Waals surface area (Å²) in [5, 5.41) is 12.8. The summed E-state index contributed by atoms with van der Waals surface area (Å²) in [4.78, 5) is 0. The lowest BCUT2D eigenvalue weighted by Gasteiger charge is -2.14. The topological polar surface area (TPSA) is 63.9 Å². The van der Waals surface area contributed by atoms with Gasteiger partial charge in [0.2, 0.25) is 0 Å². The van der Waals surface area contributed by atoms with E-state index in [1.165, 1.54) is 19.4 Å². The summed E-state index contributed by atoms with van der Waals surface area (Å²) >= 11 is 0. The zero-order valence-corrected chi connectivity index (χ0v) is 12.0. The van der Waals surface area contributed by atoms with Crippen LogP contribution < -0.4 is 14.8 Å². The molecular weight excluding hydrogens is 296 g/mol. The third-order valence-corrected chi connectivity index (χ3v) is 3.02. The van der Waals surface area contributed by atoms with Crippen LogP contribution in [0.2, 0.25) is 0 Å². The lowest BCUT2D eigenvalue weighted by atomic mass is 10.2. The Hall–Kier alpha value is -2.12. The van der Waals surface area contributed by atoms with Crippen molar-refractivity contribution in [2.45, 2.75) is 19.3 Å². The molecule has 0 aliphatic rings. The van der Waals surface area contributed by atoms with Crippen molar-refractivity contribution in [3.63, 3.8) is 0 Å². The molecule has 120 valence electrons. The van der Waals surface area contributed by atoms with E-state index in [1.54, 1.807) is 24.3 Å². The van der Waals surface area contributed by atoms with Crippen LogP contribution in [0.4, 0.5) is 8.78 Å². The van der Waals surface area contributed by atoms with Crippen LogP contribution in [0, 0.1) is 0 Å². The molecule has 2 N–H and O–H groups in total. The minimum Gasteiger partial charge on any atom is -0.497 e. The summed E-state index contributed by atoms with van der Waals surface area (Å²) < 4.78 is 39.4. The van der Waals surface area contributed by atoms with E-state index in [-0.39, 0.29) is 18.8 Å². The highest BCUT2D eigenvalue weighted by Crippen LogP contribution is 2.26. The number of benzene rings is 1. The van der Waals surface area contributed by atoms with E-state index in [0.717, 1.165) is 0 Å². The molecule has 0 amide bonds. The first-order valence-corrected chi connectivity index (χ1v) is 6.64. The van der Waals surface area contributed by atoms with Gasteiger partial charge in [0.1, 0.15) is 23.4 Å². The summed E-state index contributed by atoms with van der Waals surface area (Å²) in [7, 11) is 1.44. The quantitative estimate of drug-likeness (QED) is 0.784. The van der Waals surface area contributed by atoms with Crippen LogP contribution in [-0.2, 0) is 6.54 Å². The molecule has 5 nitrogen and oxygen atoms in total. The van der Waals surface area contributed by atoms with Crippen molar-refractivity contribution in [1.29, 1.82) is 0 Å². The van der Waals surface area contributed by atoms with Crippen molar-refractivity contribution in [1.82, 2.24) is 5.32 Å². The fourth-order valence-electron chi connectivity index (χ4n) is 1.94. The number of methoxy groups -OCH3 is 1. The van der Waals surface area contributed by atoms with Crippen LogP contribution >= 0.6 is 0 Å². The van der Waals surface area contributed by atoms with Gasteiger partial charge in [-0.2, -0.15) is 8.78 Å². The van der Waals surface area contributed by atoms with Gasteiger partial charge < -0.3 is 24.3 Å². The Morgan fingerprint density at radius 1 is 1.32 bits per heavy atom. The van der Waals surface area contributed by atoms with E-state index in [0.29, 0.717) is 17.1 Å². The summed E-state index contributed by atoms with van der Waals surface area (Å²) in [5.41, 5.74) is 0.535. The van der Waals surface area contributed by atoms with Crippen molar-refractivity contribution in [3.05, 3.63) is 47.9 Å². The van der Waals surface area contributed by atoms with E-state index in [9.17, 15) is 13.9 Å². The van der Waals surface area contributed by atoms with Gasteiger partial charge in [0.05, 0.1) is 13.4 Å². The van der Waals surface area contributed by atoms with Gasteiger partial charge in [-0.25, -0.2) is 0 Å². The smallest absolute Gasteiger partial charge is 0.387 e. The largest absolute Gasteiger partial charge is 0.497 e. The van der Waals surface area contributed by atoms with Crippen LogP contribution in [0.3, 0.4) is 0 Å². The summed E-state index contributed by atoms with van der Waals surface area (Å²) in [5.74, 6) is 0.899. The maximum absolute atomic E-state index is 12.4. The minimum absolute atomic E-state index is 0.0364. The van der Waals surface area contributed by atoms with Gasteiger partial charge in [0.25, 0.3) is 0 Å². The molecule has 1 unspecified atom stereocenters. The molecule has 0 saturated heterocycles. The van der Waals surface area contributed by atoms with Gasteiger partial charge in [0, 0.05) is 24.7 Å². The number of ether oxygens (including phenoxy) is 2. The Balaban J connectivity index is 1.96. The number of rotatable bonds is 8.